The van der Waals surface area contributed by atoms with Crippen LogP contribution in [-0.4, -0.2) is 26.0 Å². The minimum Gasteiger partial charge on any atom is -0.449 e. The van der Waals surface area contributed by atoms with Crippen molar-refractivity contribution in [1.29, 1.82) is 0 Å². The molecular formula is C22H19N5O5. The zero-order valence-electron chi connectivity index (χ0n) is 17.5. The summed E-state index contributed by atoms with van der Waals surface area (Å²) in [6, 6.07) is 10.4. The number of benzene rings is 2. The van der Waals surface area contributed by atoms with Gasteiger partial charge in [0, 0.05) is 6.20 Å². The Hall–Kier alpha value is -4.47. The van der Waals surface area contributed by atoms with E-state index in [0.29, 0.717) is 22.6 Å². The summed E-state index contributed by atoms with van der Waals surface area (Å²) in [4.78, 5) is 38.9. The first kappa shape index (κ1) is 20.8. The van der Waals surface area contributed by atoms with Gasteiger partial charge in [0.25, 0.3) is 5.56 Å². The van der Waals surface area contributed by atoms with E-state index in [1.807, 2.05) is 32.0 Å². The monoisotopic (exact) mass is 433 g/mol. The number of nitrogens with zero attached hydrogens (tertiary/aromatic N) is 3. The highest BCUT2D eigenvalue weighted by atomic mass is 16.7. The van der Waals surface area contributed by atoms with Gasteiger partial charge < -0.3 is 14.8 Å². The summed E-state index contributed by atoms with van der Waals surface area (Å²) >= 11 is 0. The van der Waals surface area contributed by atoms with Crippen LogP contribution >= 0.6 is 0 Å². The van der Waals surface area contributed by atoms with Crippen LogP contribution < -0.4 is 15.7 Å². The van der Waals surface area contributed by atoms with Crippen molar-refractivity contribution in [1.82, 2.24) is 14.8 Å². The van der Waals surface area contributed by atoms with Crippen molar-refractivity contribution in [3.05, 3.63) is 80.0 Å². The van der Waals surface area contributed by atoms with Crippen LogP contribution in [0, 0.1) is 20.8 Å². The van der Waals surface area contributed by atoms with Gasteiger partial charge in [0.15, 0.2) is 11.4 Å². The van der Waals surface area contributed by atoms with Gasteiger partial charge in [-0.2, -0.15) is 0 Å². The molecule has 0 bridgehead atoms. The van der Waals surface area contributed by atoms with E-state index in [9.17, 15) is 14.4 Å². The van der Waals surface area contributed by atoms with Crippen molar-refractivity contribution in [3.8, 4) is 11.4 Å². The Labute approximate surface area is 180 Å². The summed E-state index contributed by atoms with van der Waals surface area (Å²) in [6.07, 6.45) is -0.444. The van der Waals surface area contributed by atoms with E-state index in [2.05, 4.69) is 25.0 Å². The van der Waals surface area contributed by atoms with E-state index in [1.54, 1.807) is 19.1 Å². The van der Waals surface area contributed by atoms with Crippen molar-refractivity contribution >= 4 is 28.4 Å². The minimum absolute atomic E-state index is 0.133. The molecule has 0 amide bonds. The lowest BCUT2D eigenvalue weighted by molar-refractivity contribution is 0.144. The van der Waals surface area contributed by atoms with Crippen molar-refractivity contribution in [2.75, 3.05) is 0 Å². The van der Waals surface area contributed by atoms with Crippen LogP contribution in [0.3, 0.4) is 0 Å². The highest BCUT2D eigenvalue weighted by molar-refractivity contribution is 5.89. The Kier molecular flexibility index (Phi) is 5.19. The number of aromatic nitrogens is 3. The quantitative estimate of drug-likeness (QED) is 0.323. The van der Waals surface area contributed by atoms with Crippen LogP contribution in [0.2, 0.25) is 0 Å². The molecule has 162 valence electrons. The van der Waals surface area contributed by atoms with Gasteiger partial charge in [-0.15, -0.1) is 10.2 Å². The van der Waals surface area contributed by atoms with Gasteiger partial charge in [-0.1, -0.05) is 12.1 Å². The van der Waals surface area contributed by atoms with Crippen molar-refractivity contribution in [2.24, 2.45) is 10.2 Å². The van der Waals surface area contributed by atoms with Crippen molar-refractivity contribution < 1.29 is 14.6 Å². The molecule has 3 N–H and O–H groups in total. The molecule has 2 aromatic heterocycles. The fraction of sp³-hybridized carbons (Fsp3) is 0.136. The average molecular weight is 433 g/mol. The largest absolute Gasteiger partial charge is 0.511 e. The molecule has 10 nitrogen and oxygen atoms in total. The van der Waals surface area contributed by atoms with E-state index in [4.69, 9.17) is 5.11 Å². The van der Waals surface area contributed by atoms with Gasteiger partial charge in [-0.25, -0.2) is 9.48 Å². The van der Waals surface area contributed by atoms with Gasteiger partial charge >= 0.3 is 6.16 Å². The molecule has 0 aliphatic heterocycles. The number of rotatable bonds is 4. The van der Waals surface area contributed by atoms with Gasteiger partial charge in [0.1, 0.15) is 5.69 Å². The van der Waals surface area contributed by atoms with Crippen LogP contribution in [0.15, 0.2) is 62.4 Å². The molecule has 0 atom stereocenters. The number of azo groups is 1. The van der Waals surface area contributed by atoms with Crippen LogP contribution in [0.4, 0.5) is 16.2 Å². The van der Waals surface area contributed by atoms with E-state index in [1.165, 1.54) is 10.7 Å². The molecule has 2 heterocycles. The lowest BCUT2D eigenvalue weighted by Gasteiger charge is -2.05. The highest BCUT2D eigenvalue weighted by Crippen LogP contribution is 2.26. The Morgan fingerprint density at radius 1 is 1.06 bits per heavy atom. The first-order chi connectivity index (χ1) is 15.3. The second-order valence-electron chi connectivity index (χ2n) is 7.24. The number of nitrogens with one attached hydrogen (secondary N) is 2. The number of carbonyl (C=O) groups is 1. The predicted octanol–water partition coefficient (Wildman–Crippen LogP) is 4.40. The van der Waals surface area contributed by atoms with E-state index < -0.39 is 11.6 Å². The summed E-state index contributed by atoms with van der Waals surface area (Å²) in [5, 5.41) is 20.2. The lowest BCUT2D eigenvalue weighted by atomic mass is 10.1. The molecular weight excluding hydrogens is 414 g/mol. The molecule has 10 heteroatoms. The Morgan fingerprint density at radius 2 is 1.84 bits per heavy atom. The number of aryl methyl sites for hydroxylation is 3. The number of carboxylic acid groups (broad SMARTS) is 1. The number of fused-ring (bicyclic) bond motifs is 1. The standard InChI is InChI=1S/C22H19N5O5/c1-11-7-8-14(9-12(11)2)27-21(29)18(13(3)26-27)25-24-16-6-4-5-15-19(16)23-10-17(20(15)28)32-22(30)31/h4-10,26H,1-3H3,(H,23,28)(H,30,31). The maximum atomic E-state index is 12.9. The highest BCUT2D eigenvalue weighted by Gasteiger charge is 2.14. The SMILES string of the molecule is Cc1ccc(-n2[nH]c(C)c(N=Nc3cccc4c(=O)c(OC(=O)O)c[nH]c34)c2=O)cc1C. The van der Waals surface area contributed by atoms with Crippen LogP contribution in [0.25, 0.3) is 16.6 Å². The molecule has 4 rings (SSSR count). The molecule has 0 fully saturated rings. The second kappa shape index (κ2) is 7.99. The Morgan fingerprint density at radius 3 is 2.56 bits per heavy atom. The number of pyridine rings is 1. The van der Waals surface area contributed by atoms with E-state index in [-0.39, 0.29) is 22.4 Å². The summed E-state index contributed by atoms with van der Waals surface area (Å²) in [7, 11) is 0. The van der Waals surface area contributed by atoms with Crippen LogP contribution in [-0.2, 0) is 0 Å². The molecule has 32 heavy (non-hydrogen) atoms. The molecule has 0 aliphatic rings. The Balaban J connectivity index is 1.75. The van der Waals surface area contributed by atoms with Gasteiger partial charge in [-0.05, 0) is 56.2 Å². The topological polar surface area (TPSA) is 142 Å². The average Bonchev–Trinajstić information content (AvgIpc) is 3.04. The number of ether oxygens (including phenoxy) is 1. The van der Waals surface area contributed by atoms with E-state index in [0.717, 1.165) is 17.3 Å². The van der Waals surface area contributed by atoms with Crippen LogP contribution in [0.1, 0.15) is 16.8 Å². The number of hydrogen-bond donors (Lipinski definition) is 3. The molecule has 0 spiro atoms. The minimum atomic E-state index is -1.59. The number of hydrogen-bond acceptors (Lipinski definition) is 6. The fourth-order valence-electron chi connectivity index (χ4n) is 3.28. The van der Waals surface area contributed by atoms with Gasteiger partial charge in [0.2, 0.25) is 5.43 Å². The molecule has 0 unspecified atom stereocenters. The van der Waals surface area contributed by atoms with Gasteiger partial charge in [0.05, 0.1) is 22.3 Å². The maximum absolute atomic E-state index is 12.9. The smallest absolute Gasteiger partial charge is 0.449 e. The van der Waals surface area contributed by atoms with Gasteiger partial charge in [-0.3, -0.25) is 14.7 Å². The fourth-order valence-corrected chi connectivity index (χ4v) is 3.28. The molecule has 2 aromatic carbocycles. The third-order valence-electron chi connectivity index (χ3n) is 5.10. The molecule has 4 aromatic rings. The molecule has 0 saturated heterocycles. The van der Waals surface area contributed by atoms with Crippen molar-refractivity contribution in [3.63, 3.8) is 0 Å². The summed E-state index contributed by atoms with van der Waals surface area (Å²) in [5.41, 5.74) is 3.19. The Bertz CT molecular complexity index is 1510. The van der Waals surface area contributed by atoms with Crippen molar-refractivity contribution in [2.45, 2.75) is 20.8 Å². The summed E-state index contributed by atoms with van der Waals surface area (Å²) < 4.78 is 5.88. The first-order valence-electron chi connectivity index (χ1n) is 9.62. The third kappa shape index (κ3) is 3.69. The summed E-state index contributed by atoms with van der Waals surface area (Å²) in [6.45, 7) is 5.68. The molecule has 0 radical (unpaired) electrons. The second-order valence-corrected chi connectivity index (χ2v) is 7.24. The molecule has 0 aliphatic carbocycles. The normalized spacial score (nSPS) is 11.3. The zero-order chi connectivity index (χ0) is 23.0. The van der Waals surface area contributed by atoms with E-state index >= 15 is 0 Å². The maximum Gasteiger partial charge on any atom is 0.511 e. The lowest BCUT2D eigenvalue weighted by Crippen LogP contribution is -2.14. The number of H-pyrrole nitrogens is 2. The number of para-hydroxylation sites is 1. The predicted molar refractivity (Wildman–Crippen MR) is 118 cm³/mol. The number of aromatic amines is 2. The zero-order valence-corrected chi connectivity index (χ0v) is 17.5. The third-order valence-corrected chi connectivity index (χ3v) is 5.10. The summed E-state index contributed by atoms with van der Waals surface area (Å²) in [5.74, 6) is -0.350. The van der Waals surface area contributed by atoms with Crippen LogP contribution in [0.5, 0.6) is 5.75 Å². The molecule has 0 saturated carbocycles. The first-order valence-corrected chi connectivity index (χ1v) is 9.62.